The Morgan fingerprint density at radius 2 is 3.00 bits per heavy atom. The van der Waals surface area contributed by atoms with E-state index in [9.17, 15) is 0 Å². The zero-order valence-electron chi connectivity index (χ0n) is 7.55. The van der Waals surface area contributed by atoms with Crippen molar-refractivity contribution < 1.29 is 5.48 Å². The van der Waals surface area contributed by atoms with E-state index >= 15 is 0 Å². The van der Waals surface area contributed by atoms with Crippen molar-refractivity contribution in [3.05, 3.63) is 24.0 Å². The lowest BCUT2D eigenvalue weighted by Crippen LogP contribution is -1.79. The molecule has 0 aliphatic carbocycles. The fraction of sp³-hybridized carbons (Fsp3) is 0.200. The smallest absolute Gasteiger partial charge is 0.0860 e. The van der Waals surface area contributed by atoms with Crippen LogP contribution in [-0.4, -0.2) is 10.2 Å². The molecule has 0 radical (unpaired) electrons. The summed E-state index contributed by atoms with van der Waals surface area (Å²) in [6.45, 7) is -2.22. The number of hydrogen-bond donors (Lipinski definition) is 0. The van der Waals surface area contributed by atoms with Gasteiger partial charge in [-0.05, 0) is 19.0 Å². The molecule has 0 spiro atoms. The fourth-order valence-electron chi connectivity index (χ4n) is 0.266. The van der Waals surface area contributed by atoms with Gasteiger partial charge in [-0.1, -0.05) is 0 Å². The van der Waals surface area contributed by atoms with Crippen molar-refractivity contribution >= 4 is 0 Å². The number of nitrogens with zero attached hydrogens (tertiary/aromatic N) is 2. The third kappa shape index (κ3) is 0.961. The van der Waals surface area contributed by atoms with Gasteiger partial charge in [0.15, 0.2) is 0 Å². The summed E-state index contributed by atoms with van der Waals surface area (Å²) in [5, 5.41) is 6.65. The fourth-order valence-corrected chi connectivity index (χ4v) is 0.266. The van der Waals surface area contributed by atoms with Crippen LogP contribution in [0.1, 0.15) is 11.2 Å². The van der Waals surface area contributed by atoms with Crippen LogP contribution >= 0.6 is 0 Å². The van der Waals surface area contributed by atoms with Gasteiger partial charge >= 0.3 is 0 Å². The Hall–Kier alpha value is -0.920. The lowest BCUT2D eigenvalue weighted by Gasteiger charge is -1.80. The monoisotopic (exact) mass is 98.1 g/mol. The molecule has 1 heterocycles. The molecule has 0 aliphatic heterocycles. The third-order valence-corrected chi connectivity index (χ3v) is 0.531. The predicted molar refractivity (Wildman–Crippen MR) is 26.8 cm³/mol. The topological polar surface area (TPSA) is 25.8 Å². The van der Waals surface area contributed by atoms with E-state index in [0.717, 1.165) is 0 Å². The molecular formula is C5H6N2. The molecular weight excluding hydrogens is 88.1 g/mol. The highest BCUT2D eigenvalue weighted by Crippen LogP contribution is 1.82. The summed E-state index contributed by atoms with van der Waals surface area (Å²) < 4.78 is 27.7. The van der Waals surface area contributed by atoms with Crippen molar-refractivity contribution in [1.29, 1.82) is 0 Å². The second-order valence-corrected chi connectivity index (χ2v) is 1.05. The Labute approximate surface area is 47.8 Å². The van der Waals surface area contributed by atoms with E-state index in [1.807, 2.05) is 0 Å². The SMILES string of the molecule is [2H]c1ccc(C([2H])([2H])[2H])nn1. The van der Waals surface area contributed by atoms with Crippen LogP contribution in [0.15, 0.2) is 18.3 Å². The van der Waals surface area contributed by atoms with Gasteiger partial charge in [0.1, 0.15) is 0 Å². The Morgan fingerprint density at radius 1 is 2.00 bits per heavy atom. The first-order valence-corrected chi connectivity index (χ1v) is 1.81. The molecule has 2 nitrogen and oxygen atoms in total. The molecule has 36 valence electrons. The van der Waals surface area contributed by atoms with Crippen LogP contribution < -0.4 is 0 Å². The maximum absolute atomic E-state index is 6.94. The van der Waals surface area contributed by atoms with Gasteiger partial charge in [-0.3, -0.25) is 0 Å². The van der Waals surface area contributed by atoms with E-state index in [0.29, 0.717) is 0 Å². The Kier molecular flexibility index (Phi) is 0.372. The van der Waals surface area contributed by atoms with Gasteiger partial charge in [0.2, 0.25) is 0 Å². The molecule has 0 N–H and O–H groups in total. The van der Waals surface area contributed by atoms with E-state index in [4.69, 9.17) is 5.48 Å². The van der Waals surface area contributed by atoms with E-state index < -0.39 is 6.85 Å². The Bertz CT molecular complexity index is 240. The summed E-state index contributed by atoms with van der Waals surface area (Å²) in [4.78, 5) is 0. The van der Waals surface area contributed by atoms with Crippen molar-refractivity contribution in [2.45, 2.75) is 6.85 Å². The summed E-state index contributed by atoms with van der Waals surface area (Å²) in [6.07, 6.45) is -0.0296. The quantitative estimate of drug-likeness (QED) is 0.479. The molecule has 0 atom stereocenters. The van der Waals surface area contributed by atoms with Crippen LogP contribution in [0.2, 0.25) is 0 Å². The minimum Gasteiger partial charge on any atom is -0.159 e. The van der Waals surface area contributed by atoms with Crippen molar-refractivity contribution in [2.75, 3.05) is 0 Å². The maximum Gasteiger partial charge on any atom is 0.0860 e. The molecule has 0 saturated heterocycles. The molecule has 0 amide bonds. The van der Waals surface area contributed by atoms with Gasteiger partial charge in [-0.2, -0.15) is 10.2 Å². The summed E-state index contributed by atoms with van der Waals surface area (Å²) >= 11 is 0. The number of hydrogen-bond acceptors (Lipinski definition) is 2. The molecule has 7 heavy (non-hydrogen) atoms. The van der Waals surface area contributed by atoms with Gasteiger partial charge in [0.25, 0.3) is 0 Å². The summed E-state index contributed by atoms with van der Waals surface area (Å²) in [6, 6.07) is 2.58. The maximum atomic E-state index is 6.94. The lowest BCUT2D eigenvalue weighted by molar-refractivity contribution is 0.980. The molecule has 1 aromatic rings. The van der Waals surface area contributed by atoms with Crippen molar-refractivity contribution in [3.63, 3.8) is 0 Å². The van der Waals surface area contributed by atoms with Crippen molar-refractivity contribution in [3.8, 4) is 0 Å². The minimum atomic E-state index is -2.22. The van der Waals surface area contributed by atoms with Crippen LogP contribution in [0.5, 0.6) is 0 Å². The van der Waals surface area contributed by atoms with Crippen LogP contribution in [0, 0.1) is 6.85 Å². The first-order valence-electron chi connectivity index (χ1n) is 3.81. The minimum absolute atomic E-state index is 0.0296. The number of aryl methyl sites for hydroxylation is 1. The van der Waals surface area contributed by atoms with Crippen LogP contribution in [0.4, 0.5) is 0 Å². The first kappa shape index (κ1) is 1.54. The van der Waals surface area contributed by atoms with Gasteiger partial charge < -0.3 is 0 Å². The molecule has 0 aliphatic rings. The Morgan fingerprint density at radius 3 is 3.57 bits per heavy atom. The number of aromatic nitrogens is 2. The molecule has 0 saturated carbocycles. The normalized spacial score (nSPS) is 18.9. The molecule has 0 fully saturated rings. The highest BCUT2D eigenvalue weighted by molar-refractivity contribution is 4.94. The molecule has 0 bridgehead atoms. The Balaban J connectivity index is 2.99. The van der Waals surface area contributed by atoms with E-state index in [1.54, 1.807) is 0 Å². The lowest BCUT2D eigenvalue weighted by atomic mass is 10.4. The van der Waals surface area contributed by atoms with Gasteiger partial charge in [0, 0.05) is 10.3 Å². The van der Waals surface area contributed by atoms with Crippen LogP contribution in [0.25, 0.3) is 0 Å². The second-order valence-electron chi connectivity index (χ2n) is 1.05. The average Bonchev–Trinajstić information content (AvgIpc) is 1.86. The molecule has 1 rings (SSSR count). The standard InChI is InChI=1S/C5H6N2/c1-5-3-2-4-6-7-5/h2-4H,1H3/i1D3,4D. The highest BCUT2D eigenvalue weighted by Gasteiger charge is 1.74. The summed E-state index contributed by atoms with van der Waals surface area (Å²) in [5.41, 5.74) is -0.0755. The van der Waals surface area contributed by atoms with Crippen LogP contribution in [-0.2, 0) is 0 Å². The predicted octanol–water partition coefficient (Wildman–Crippen LogP) is 0.785. The molecule has 2 heteroatoms. The zero-order valence-corrected chi connectivity index (χ0v) is 3.55. The largest absolute Gasteiger partial charge is 0.159 e. The van der Waals surface area contributed by atoms with Gasteiger partial charge in [-0.25, -0.2) is 0 Å². The first-order chi connectivity index (χ1) is 5.00. The van der Waals surface area contributed by atoms with E-state index in [2.05, 4.69) is 10.2 Å². The highest BCUT2D eigenvalue weighted by atomic mass is 15.1. The zero-order chi connectivity index (χ0) is 8.48. The average molecular weight is 98.1 g/mol. The molecule has 0 aromatic carbocycles. The second kappa shape index (κ2) is 1.69. The molecule has 1 aromatic heterocycles. The van der Waals surface area contributed by atoms with Crippen molar-refractivity contribution in [2.24, 2.45) is 0 Å². The summed E-state index contributed by atoms with van der Waals surface area (Å²) in [5.74, 6) is 0. The van der Waals surface area contributed by atoms with Gasteiger partial charge in [0.05, 0.1) is 7.06 Å². The van der Waals surface area contributed by atoms with E-state index in [-0.39, 0.29) is 11.9 Å². The third-order valence-electron chi connectivity index (χ3n) is 0.531. The number of rotatable bonds is 0. The molecule has 0 unspecified atom stereocenters. The van der Waals surface area contributed by atoms with Crippen LogP contribution in [0.3, 0.4) is 0 Å². The summed E-state index contributed by atoms with van der Waals surface area (Å²) in [7, 11) is 0. The van der Waals surface area contributed by atoms with Crippen molar-refractivity contribution in [1.82, 2.24) is 10.2 Å². The van der Waals surface area contributed by atoms with E-state index in [1.165, 1.54) is 12.1 Å². The van der Waals surface area contributed by atoms with Gasteiger partial charge in [-0.15, -0.1) is 0 Å².